The van der Waals surface area contributed by atoms with Gasteiger partial charge in [0, 0.05) is 7.05 Å². The lowest BCUT2D eigenvalue weighted by atomic mass is 10.1. The molecule has 2 amide bonds. The molecule has 0 aromatic heterocycles. The first-order chi connectivity index (χ1) is 13.5. The zero-order chi connectivity index (χ0) is 20.5. The van der Waals surface area contributed by atoms with Crippen LogP contribution >= 0.6 is 0 Å². The maximum Gasteiger partial charge on any atom is 0.279 e. The Labute approximate surface area is 167 Å². The van der Waals surface area contributed by atoms with Gasteiger partial charge in [-0.3, -0.25) is 9.59 Å². The van der Waals surface area contributed by atoms with Gasteiger partial charge in [-0.1, -0.05) is 42.5 Å². The minimum atomic E-state index is -0.145. The summed E-state index contributed by atoms with van der Waals surface area (Å²) in [6.45, 7) is 5.14. The molecule has 150 valence electrons. The topological polar surface area (TPSA) is 63.1 Å². The molecule has 2 N–H and O–H groups in total. The van der Waals surface area contributed by atoms with E-state index in [-0.39, 0.29) is 30.9 Å². The Kier molecular flexibility index (Phi) is 8.02. The molecule has 0 radical (unpaired) electrons. The molecule has 0 bridgehead atoms. The van der Waals surface area contributed by atoms with Crippen molar-refractivity contribution in [2.75, 3.05) is 39.1 Å². The van der Waals surface area contributed by atoms with Gasteiger partial charge in [0.2, 0.25) is 0 Å². The molecule has 0 heterocycles. The molecule has 2 aromatic carbocycles. The fourth-order valence-corrected chi connectivity index (χ4v) is 2.99. The van der Waals surface area contributed by atoms with Crippen LogP contribution < -0.4 is 15.0 Å². The molecule has 2 atom stereocenters. The smallest absolute Gasteiger partial charge is 0.279 e. The van der Waals surface area contributed by atoms with Crippen LogP contribution in [0.15, 0.2) is 54.6 Å². The molecule has 2 aromatic rings. The van der Waals surface area contributed by atoms with Gasteiger partial charge in [-0.2, -0.15) is 0 Å². The summed E-state index contributed by atoms with van der Waals surface area (Å²) >= 11 is 0. The van der Waals surface area contributed by atoms with Gasteiger partial charge in [-0.25, -0.2) is 0 Å². The van der Waals surface area contributed by atoms with Crippen molar-refractivity contribution in [2.45, 2.75) is 19.9 Å². The van der Waals surface area contributed by atoms with Gasteiger partial charge < -0.3 is 19.9 Å². The molecule has 0 spiro atoms. The third-order valence-electron chi connectivity index (χ3n) is 4.95. The summed E-state index contributed by atoms with van der Waals surface area (Å²) in [5.74, 6) is 0.479. The lowest BCUT2D eigenvalue weighted by molar-refractivity contribution is -0.882. The number of hydrogen-bond acceptors (Lipinski definition) is 3. The number of amides is 2. The first-order valence-corrected chi connectivity index (χ1v) is 9.53. The van der Waals surface area contributed by atoms with E-state index in [2.05, 4.69) is 5.32 Å². The lowest BCUT2D eigenvalue weighted by Crippen LogP contribution is -3.13. The largest absolute Gasteiger partial charge is 0.495 e. The molecule has 0 saturated carbocycles. The molecule has 6 nitrogen and oxygen atoms in total. The van der Waals surface area contributed by atoms with E-state index < -0.39 is 0 Å². The van der Waals surface area contributed by atoms with Crippen molar-refractivity contribution in [3.8, 4) is 5.75 Å². The van der Waals surface area contributed by atoms with Gasteiger partial charge in [0.25, 0.3) is 11.8 Å². The summed E-state index contributed by atoms with van der Waals surface area (Å²) in [5.41, 5.74) is 1.72. The third-order valence-corrected chi connectivity index (χ3v) is 4.95. The number of nitrogens with zero attached hydrogens (tertiary/aromatic N) is 1. The summed E-state index contributed by atoms with van der Waals surface area (Å²) in [7, 11) is 3.37. The van der Waals surface area contributed by atoms with Crippen molar-refractivity contribution in [1.82, 2.24) is 4.90 Å². The highest BCUT2D eigenvalue weighted by molar-refractivity contribution is 5.93. The van der Waals surface area contributed by atoms with Crippen LogP contribution in [0.1, 0.15) is 25.5 Å². The van der Waals surface area contributed by atoms with Crippen molar-refractivity contribution in [3.05, 3.63) is 60.2 Å². The van der Waals surface area contributed by atoms with Crippen LogP contribution in [0.2, 0.25) is 0 Å². The quantitative estimate of drug-likeness (QED) is 0.693. The van der Waals surface area contributed by atoms with E-state index in [9.17, 15) is 9.59 Å². The molecular formula is C22H30N3O3+. The highest BCUT2D eigenvalue weighted by atomic mass is 16.5. The maximum atomic E-state index is 12.7. The number of quaternary nitrogens is 1. The fourth-order valence-electron chi connectivity index (χ4n) is 2.99. The number of para-hydroxylation sites is 2. The van der Waals surface area contributed by atoms with E-state index in [1.807, 2.05) is 63.4 Å². The van der Waals surface area contributed by atoms with Crippen LogP contribution in [0.25, 0.3) is 0 Å². The van der Waals surface area contributed by atoms with Gasteiger partial charge >= 0.3 is 0 Å². The third kappa shape index (κ3) is 5.82. The molecule has 0 aliphatic rings. The van der Waals surface area contributed by atoms with E-state index in [0.717, 1.165) is 10.5 Å². The summed E-state index contributed by atoms with van der Waals surface area (Å²) in [6, 6.07) is 17.2. The monoisotopic (exact) mass is 384 g/mol. The number of benzene rings is 2. The Morgan fingerprint density at radius 3 is 2.36 bits per heavy atom. The number of anilines is 1. The SMILES string of the molecule is CC[NH+](CC(=O)Nc1ccccc1OC)CC(=O)N(C)[C@H](C)c1ccccc1. The lowest BCUT2D eigenvalue weighted by Gasteiger charge is -2.27. The molecular weight excluding hydrogens is 354 g/mol. The van der Waals surface area contributed by atoms with Crippen molar-refractivity contribution in [3.63, 3.8) is 0 Å². The number of rotatable bonds is 9. The van der Waals surface area contributed by atoms with Crippen molar-refractivity contribution in [2.24, 2.45) is 0 Å². The van der Waals surface area contributed by atoms with E-state index in [1.54, 1.807) is 24.1 Å². The number of carbonyl (C=O) groups is 2. The number of methoxy groups -OCH3 is 1. The Hall–Kier alpha value is -2.86. The molecule has 2 rings (SSSR count). The molecule has 0 saturated heterocycles. The highest BCUT2D eigenvalue weighted by Gasteiger charge is 2.23. The van der Waals surface area contributed by atoms with Gasteiger partial charge in [-0.15, -0.1) is 0 Å². The zero-order valence-corrected chi connectivity index (χ0v) is 17.1. The first kappa shape index (κ1) is 21.4. The van der Waals surface area contributed by atoms with E-state index in [4.69, 9.17) is 4.74 Å². The Bertz CT molecular complexity index is 780. The van der Waals surface area contributed by atoms with E-state index in [1.165, 1.54) is 0 Å². The summed E-state index contributed by atoms with van der Waals surface area (Å²) in [5, 5.41) is 2.87. The van der Waals surface area contributed by atoms with Crippen LogP contribution in [0, 0.1) is 0 Å². The second-order valence-corrected chi connectivity index (χ2v) is 6.80. The summed E-state index contributed by atoms with van der Waals surface area (Å²) in [6.07, 6.45) is 0. The first-order valence-electron chi connectivity index (χ1n) is 9.53. The molecule has 1 unspecified atom stereocenters. The van der Waals surface area contributed by atoms with Gasteiger partial charge in [0.1, 0.15) is 5.75 Å². The van der Waals surface area contributed by atoms with Gasteiger partial charge in [0.15, 0.2) is 13.1 Å². The summed E-state index contributed by atoms with van der Waals surface area (Å²) < 4.78 is 5.26. The van der Waals surface area contributed by atoms with Gasteiger partial charge in [-0.05, 0) is 31.5 Å². The Morgan fingerprint density at radius 2 is 1.71 bits per heavy atom. The number of ether oxygens (including phenoxy) is 1. The molecule has 0 aliphatic carbocycles. The minimum absolute atomic E-state index is 0.0123. The standard InChI is InChI=1S/C22H29N3O3/c1-5-25(15-21(26)23-19-13-9-10-14-20(19)28-4)16-22(27)24(3)17(2)18-11-7-6-8-12-18/h6-14,17H,5,15-16H2,1-4H3,(H,23,26)/p+1/t17-/m1/s1. The number of likely N-dealkylation sites (N-methyl/N-ethyl adjacent to an activating group) is 2. The van der Waals surface area contributed by atoms with Crippen LogP contribution in [0.3, 0.4) is 0 Å². The van der Waals surface area contributed by atoms with Crippen LogP contribution in [-0.2, 0) is 9.59 Å². The van der Waals surface area contributed by atoms with Crippen molar-refractivity contribution >= 4 is 17.5 Å². The predicted molar refractivity (Wildman–Crippen MR) is 110 cm³/mol. The second-order valence-electron chi connectivity index (χ2n) is 6.80. The molecule has 6 heteroatoms. The Morgan fingerprint density at radius 1 is 1.07 bits per heavy atom. The highest BCUT2D eigenvalue weighted by Crippen LogP contribution is 2.22. The number of nitrogens with one attached hydrogen (secondary N) is 2. The average molecular weight is 385 g/mol. The maximum absolute atomic E-state index is 12.7. The van der Waals surface area contributed by atoms with Crippen LogP contribution in [0.5, 0.6) is 5.75 Å². The predicted octanol–water partition coefficient (Wildman–Crippen LogP) is 1.76. The molecule has 0 fully saturated rings. The fraction of sp³-hybridized carbons (Fsp3) is 0.364. The number of carbonyl (C=O) groups excluding carboxylic acids is 2. The average Bonchev–Trinajstić information content (AvgIpc) is 2.73. The second kappa shape index (κ2) is 10.5. The summed E-state index contributed by atoms with van der Waals surface area (Å²) in [4.78, 5) is 27.8. The molecule has 0 aliphatic heterocycles. The van der Waals surface area contributed by atoms with Crippen LogP contribution in [-0.4, -0.2) is 50.5 Å². The van der Waals surface area contributed by atoms with E-state index >= 15 is 0 Å². The minimum Gasteiger partial charge on any atom is -0.495 e. The number of hydrogen-bond donors (Lipinski definition) is 2. The van der Waals surface area contributed by atoms with Crippen molar-refractivity contribution in [1.29, 1.82) is 0 Å². The van der Waals surface area contributed by atoms with Crippen molar-refractivity contribution < 1.29 is 19.2 Å². The molecule has 28 heavy (non-hydrogen) atoms. The van der Waals surface area contributed by atoms with Gasteiger partial charge in [0.05, 0.1) is 25.4 Å². The van der Waals surface area contributed by atoms with Crippen LogP contribution in [0.4, 0.5) is 5.69 Å². The normalized spacial score (nSPS) is 12.7. The Balaban J connectivity index is 1.93. The zero-order valence-electron chi connectivity index (χ0n) is 17.1. The van der Waals surface area contributed by atoms with E-state index in [0.29, 0.717) is 18.0 Å².